The molecule has 26 heavy (non-hydrogen) atoms. The molecule has 7 nitrogen and oxygen atoms in total. The Hall–Kier alpha value is -2.74. The van der Waals surface area contributed by atoms with E-state index >= 15 is 0 Å². The third-order valence-electron chi connectivity index (χ3n) is 4.25. The summed E-state index contributed by atoms with van der Waals surface area (Å²) in [4.78, 5) is 27.8. The number of nitrogens with zero attached hydrogens (tertiary/aromatic N) is 1. The lowest BCUT2D eigenvalue weighted by Crippen LogP contribution is -2.45. The number of hydrogen-bond donors (Lipinski definition) is 1. The van der Waals surface area contributed by atoms with Crippen molar-refractivity contribution in [3.8, 4) is 11.5 Å². The minimum atomic E-state index is -0.748. The first kappa shape index (κ1) is 18.1. The number of anilines is 1. The van der Waals surface area contributed by atoms with Crippen molar-refractivity contribution in [3.63, 3.8) is 0 Å². The average Bonchev–Trinajstić information content (AvgIpc) is 3.14. The molecule has 0 bridgehead atoms. The van der Waals surface area contributed by atoms with Crippen LogP contribution >= 0.6 is 11.3 Å². The SMILES string of the molecule is COC(=O)C1c2ccsc2CCN1C(=O)Nc1cc(OC)cc(OC)c1. The van der Waals surface area contributed by atoms with Crippen LogP contribution < -0.4 is 14.8 Å². The standard InChI is InChI=1S/C18H20N2O5S/c1-23-12-8-11(9-13(10-12)24-2)19-18(22)20-6-4-15-14(5-7-26-15)16(20)17(21)25-3/h5,7-10,16H,4,6H2,1-3H3,(H,19,22). The summed E-state index contributed by atoms with van der Waals surface area (Å²) in [5.74, 6) is 0.661. The highest BCUT2D eigenvalue weighted by molar-refractivity contribution is 7.10. The van der Waals surface area contributed by atoms with Crippen LogP contribution in [0.4, 0.5) is 10.5 Å². The Morgan fingerprint density at radius 2 is 1.85 bits per heavy atom. The molecule has 138 valence electrons. The second kappa shape index (κ2) is 7.65. The number of methoxy groups -OCH3 is 3. The first-order valence-corrected chi connectivity index (χ1v) is 8.90. The van der Waals surface area contributed by atoms with Gasteiger partial charge >= 0.3 is 12.0 Å². The van der Waals surface area contributed by atoms with Crippen molar-refractivity contribution in [2.24, 2.45) is 0 Å². The third-order valence-corrected chi connectivity index (χ3v) is 5.25. The van der Waals surface area contributed by atoms with E-state index in [1.54, 1.807) is 29.5 Å². The molecule has 1 aromatic carbocycles. The average molecular weight is 376 g/mol. The highest BCUT2D eigenvalue weighted by atomic mass is 32.1. The van der Waals surface area contributed by atoms with Crippen molar-refractivity contribution in [2.75, 3.05) is 33.2 Å². The lowest BCUT2D eigenvalue weighted by Gasteiger charge is -2.33. The van der Waals surface area contributed by atoms with Gasteiger partial charge in [-0.25, -0.2) is 9.59 Å². The van der Waals surface area contributed by atoms with E-state index in [-0.39, 0.29) is 6.03 Å². The lowest BCUT2D eigenvalue weighted by atomic mass is 10.0. The molecule has 0 saturated carbocycles. The summed E-state index contributed by atoms with van der Waals surface area (Å²) < 4.78 is 15.4. The molecule has 1 aliphatic rings. The van der Waals surface area contributed by atoms with E-state index in [1.807, 2.05) is 11.4 Å². The molecule has 0 aliphatic carbocycles. The van der Waals surface area contributed by atoms with E-state index in [0.29, 0.717) is 30.2 Å². The van der Waals surface area contributed by atoms with Crippen molar-refractivity contribution in [2.45, 2.75) is 12.5 Å². The maximum absolute atomic E-state index is 12.9. The molecule has 1 N–H and O–H groups in total. The molecular formula is C18H20N2O5S. The first-order valence-electron chi connectivity index (χ1n) is 8.02. The molecule has 1 atom stereocenters. The molecule has 1 aromatic heterocycles. The van der Waals surface area contributed by atoms with E-state index in [1.165, 1.54) is 26.2 Å². The van der Waals surface area contributed by atoms with Crippen molar-refractivity contribution in [3.05, 3.63) is 40.1 Å². The number of carbonyl (C=O) groups is 2. The van der Waals surface area contributed by atoms with Gasteiger partial charge in [0.15, 0.2) is 6.04 Å². The van der Waals surface area contributed by atoms with Gasteiger partial charge in [0.25, 0.3) is 0 Å². The number of thiophene rings is 1. The van der Waals surface area contributed by atoms with Gasteiger partial charge < -0.3 is 24.4 Å². The summed E-state index contributed by atoms with van der Waals surface area (Å²) in [6.07, 6.45) is 0.704. The Bertz CT molecular complexity index is 797. The number of urea groups is 1. The number of ether oxygens (including phenoxy) is 3. The summed E-state index contributed by atoms with van der Waals surface area (Å²) in [5, 5.41) is 4.74. The predicted molar refractivity (Wildman–Crippen MR) is 98.1 cm³/mol. The molecule has 0 radical (unpaired) electrons. The number of carbonyl (C=O) groups excluding carboxylic acids is 2. The minimum Gasteiger partial charge on any atom is -0.497 e. The van der Waals surface area contributed by atoms with E-state index < -0.39 is 12.0 Å². The van der Waals surface area contributed by atoms with Gasteiger partial charge in [-0.2, -0.15) is 0 Å². The highest BCUT2D eigenvalue weighted by Gasteiger charge is 2.37. The van der Waals surface area contributed by atoms with Gasteiger partial charge in [-0.3, -0.25) is 0 Å². The summed E-state index contributed by atoms with van der Waals surface area (Å²) >= 11 is 1.59. The fraction of sp³-hybridized carbons (Fsp3) is 0.333. The maximum atomic E-state index is 12.9. The second-order valence-electron chi connectivity index (χ2n) is 5.70. The highest BCUT2D eigenvalue weighted by Crippen LogP contribution is 2.35. The number of nitrogens with one attached hydrogen (secondary N) is 1. The van der Waals surface area contributed by atoms with Gasteiger partial charge in [0.05, 0.1) is 21.3 Å². The van der Waals surface area contributed by atoms with E-state index in [4.69, 9.17) is 14.2 Å². The second-order valence-corrected chi connectivity index (χ2v) is 6.70. The van der Waals surface area contributed by atoms with Crippen LogP contribution in [0.3, 0.4) is 0 Å². The zero-order chi connectivity index (χ0) is 18.7. The fourth-order valence-corrected chi connectivity index (χ4v) is 3.88. The number of amides is 2. The van der Waals surface area contributed by atoms with Gasteiger partial charge in [0, 0.05) is 35.3 Å². The lowest BCUT2D eigenvalue weighted by molar-refractivity contribution is -0.146. The normalized spacial score (nSPS) is 15.8. The van der Waals surface area contributed by atoms with Crippen molar-refractivity contribution in [1.29, 1.82) is 0 Å². The third kappa shape index (κ3) is 3.45. The van der Waals surface area contributed by atoms with Gasteiger partial charge in [-0.15, -0.1) is 11.3 Å². The van der Waals surface area contributed by atoms with Crippen molar-refractivity contribution >= 4 is 29.0 Å². The summed E-state index contributed by atoms with van der Waals surface area (Å²) in [7, 11) is 4.40. The molecule has 3 rings (SSSR count). The van der Waals surface area contributed by atoms with Crippen LogP contribution in [0.25, 0.3) is 0 Å². The topological polar surface area (TPSA) is 77.1 Å². The van der Waals surface area contributed by atoms with Crippen LogP contribution in [0.5, 0.6) is 11.5 Å². The zero-order valence-electron chi connectivity index (χ0n) is 14.8. The molecule has 8 heteroatoms. The van der Waals surface area contributed by atoms with Crippen LogP contribution in [-0.4, -0.2) is 44.8 Å². The molecule has 2 aromatic rings. The molecule has 2 amide bonds. The Morgan fingerprint density at radius 1 is 1.15 bits per heavy atom. The van der Waals surface area contributed by atoms with Crippen molar-refractivity contribution in [1.82, 2.24) is 4.90 Å². The minimum absolute atomic E-state index is 0.382. The van der Waals surface area contributed by atoms with Crippen LogP contribution in [0.1, 0.15) is 16.5 Å². The van der Waals surface area contributed by atoms with Gasteiger partial charge in [0.1, 0.15) is 11.5 Å². The number of fused-ring (bicyclic) bond motifs is 1. The smallest absolute Gasteiger partial charge is 0.333 e. The molecule has 1 aliphatic heterocycles. The number of esters is 1. The van der Waals surface area contributed by atoms with E-state index in [9.17, 15) is 9.59 Å². The maximum Gasteiger partial charge on any atom is 0.333 e. The molecule has 0 saturated heterocycles. The van der Waals surface area contributed by atoms with E-state index in [2.05, 4.69) is 5.32 Å². The Balaban J connectivity index is 1.86. The quantitative estimate of drug-likeness (QED) is 0.830. The van der Waals surface area contributed by atoms with Gasteiger partial charge in [0.2, 0.25) is 0 Å². The van der Waals surface area contributed by atoms with Crippen molar-refractivity contribution < 1.29 is 23.8 Å². The number of hydrogen-bond acceptors (Lipinski definition) is 6. The Labute approximate surface area is 155 Å². The number of benzene rings is 1. The van der Waals surface area contributed by atoms with Gasteiger partial charge in [-0.1, -0.05) is 0 Å². The monoisotopic (exact) mass is 376 g/mol. The largest absolute Gasteiger partial charge is 0.497 e. The predicted octanol–water partition coefficient (Wildman–Crippen LogP) is 3.07. The molecule has 0 spiro atoms. The van der Waals surface area contributed by atoms with Crippen LogP contribution in [0.2, 0.25) is 0 Å². The first-order chi connectivity index (χ1) is 12.6. The molecule has 1 unspecified atom stereocenters. The van der Waals surface area contributed by atoms with Crippen LogP contribution in [0, 0.1) is 0 Å². The summed E-state index contributed by atoms with van der Waals surface area (Å²) in [6.45, 7) is 0.431. The fourth-order valence-electron chi connectivity index (χ4n) is 2.98. The van der Waals surface area contributed by atoms with Crippen LogP contribution in [0.15, 0.2) is 29.6 Å². The Morgan fingerprint density at radius 3 is 2.46 bits per heavy atom. The molecule has 2 heterocycles. The van der Waals surface area contributed by atoms with Crippen LogP contribution in [-0.2, 0) is 16.0 Å². The summed E-state index contributed by atoms with van der Waals surface area (Å²) in [6, 6.07) is 5.83. The Kier molecular flexibility index (Phi) is 5.32. The molecular weight excluding hydrogens is 356 g/mol. The van der Waals surface area contributed by atoms with E-state index in [0.717, 1.165) is 10.4 Å². The zero-order valence-corrected chi connectivity index (χ0v) is 15.6. The summed E-state index contributed by atoms with van der Waals surface area (Å²) in [5.41, 5.74) is 1.34. The number of rotatable bonds is 4. The molecule has 0 fully saturated rings. The van der Waals surface area contributed by atoms with Gasteiger partial charge in [-0.05, 0) is 23.4 Å².